The first-order valence-electron chi connectivity index (χ1n) is 5.21. The number of hydrogen-bond acceptors (Lipinski definition) is 1. The Balaban J connectivity index is 2.25. The third-order valence-corrected chi connectivity index (χ3v) is 3.62. The van der Waals surface area contributed by atoms with Crippen LogP contribution in [0.2, 0.25) is 0 Å². The molecule has 1 unspecified atom stereocenters. The second kappa shape index (κ2) is 3.35. The van der Waals surface area contributed by atoms with Crippen molar-refractivity contribution in [3.63, 3.8) is 0 Å². The Morgan fingerprint density at radius 1 is 1.40 bits per heavy atom. The third kappa shape index (κ3) is 1.50. The van der Waals surface area contributed by atoms with Gasteiger partial charge in [0.05, 0.1) is 6.10 Å². The summed E-state index contributed by atoms with van der Waals surface area (Å²) < 4.78 is 1.09. The van der Waals surface area contributed by atoms with Gasteiger partial charge >= 0.3 is 0 Å². The average Bonchev–Trinajstić information content (AvgIpc) is 2.56. The summed E-state index contributed by atoms with van der Waals surface area (Å²) in [6, 6.07) is 6.26. The van der Waals surface area contributed by atoms with Gasteiger partial charge in [0.1, 0.15) is 0 Å². The first kappa shape index (κ1) is 9.43. The normalized spacial score (nSPS) is 20.5. The molecule has 3 heteroatoms. The molecule has 0 spiro atoms. The van der Waals surface area contributed by atoms with Gasteiger partial charge in [-0.1, -0.05) is 15.9 Å². The Bertz CT molecular complexity index is 518. The number of aryl methyl sites for hydroxylation is 1. The maximum Gasteiger partial charge on any atom is 0.0585 e. The number of halogens is 1. The minimum Gasteiger partial charge on any atom is -0.393 e. The summed E-state index contributed by atoms with van der Waals surface area (Å²) in [6.07, 6.45) is 2.45. The SMILES string of the molecule is OC1CCc2[nH]c3ccc(Br)cc3c2C1. The van der Waals surface area contributed by atoms with E-state index in [0.29, 0.717) is 0 Å². The lowest BCUT2D eigenvalue weighted by atomic mass is 9.93. The Labute approximate surface area is 96.4 Å². The predicted molar refractivity (Wildman–Crippen MR) is 64.0 cm³/mol. The van der Waals surface area contributed by atoms with Crippen LogP contribution in [0.1, 0.15) is 17.7 Å². The lowest BCUT2D eigenvalue weighted by Crippen LogP contribution is -2.17. The molecule has 0 amide bonds. The van der Waals surface area contributed by atoms with Crippen molar-refractivity contribution in [2.24, 2.45) is 0 Å². The first-order chi connectivity index (χ1) is 7.24. The van der Waals surface area contributed by atoms with Crippen molar-refractivity contribution in [1.29, 1.82) is 0 Å². The number of aliphatic hydroxyl groups is 1. The number of aromatic nitrogens is 1. The van der Waals surface area contributed by atoms with Gasteiger partial charge in [0.2, 0.25) is 0 Å². The van der Waals surface area contributed by atoms with E-state index in [0.717, 1.165) is 23.7 Å². The molecule has 1 aliphatic carbocycles. The van der Waals surface area contributed by atoms with Crippen LogP contribution < -0.4 is 0 Å². The van der Waals surface area contributed by atoms with Gasteiger partial charge in [-0.2, -0.15) is 0 Å². The third-order valence-electron chi connectivity index (χ3n) is 3.12. The van der Waals surface area contributed by atoms with Gasteiger partial charge in [-0.15, -0.1) is 0 Å². The number of nitrogens with one attached hydrogen (secondary N) is 1. The number of hydrogen-bond donors (Lipinski definition) is 2. The van der Waals surface area contributed by atoms with E-state index in [9.17, 15) is 5.11 Å². The molecule has 1 atom stereocenters. The summed E-state index contributed by atoms with van der Waals surface area (Å²) in [7, 11) is 0. The van der Waals surface area contributed by atoms with Gasteiger partial charge in [0, 0.05) is 27.5 Å². The molecule has 1 aromatic carbocycles. The van der Waals surface area contributed by atoms with Gasteiger partial charge < -0.3 is 10.1 Å². The molecule has 2 N–H and O–H groups in total. The highest BCUT2D eigenvalue weighted by atomic mass is 79.9. The van der Waals surface area contributed by atoms with Crippen LogP contribution in [0, 0.1) is 0 Å². The number of H-pyrrole nitrogens is 1. The molecular weight excluding hydrogens is 254 g/mol. The number of aromatic amines is 1. The Hall–Kier alpha value is -0.800. The number of aliphatic hydroxyl groups excluding tert-OH is 1. The smallest absolute Gasteiger partial charge is 0.0585 e. The van der Waals surface area contributed by atoms with Crippen LogP contribution in [0.25, 0.3) is 10.9 Å². The van der Waals surface area contributed by atoms with Gasteiger partial charge in [-0.25, -0.2) is 0 Å². The summed E-state index contributed by atoms with van der Waals surface area (Å²) >= 11 is 3.48. The van der Waals surface area contributed by atoms with Crippen molar-refractivity contribution in [2.75, 3.05) is 0 Å². The van der Waals surface area contributed by atoms with Crippen molar-refractivity contribution in [1.82, 2.24) is 4.98 Å². The zero-order chi connectivity index (χ0) is 10.4. The van der Waals surface area contributed by atoms with E-state index in [-0.39, 0.29) is 6.10 Å². The number of benzene rings is 1. The molecule has 0 saturated carbocycles. The van der Waals surface area contributed by atoms with Crippen LogP contribution in [-0.4, -0.2) is 16.2 Å². The fourth-order valence-corrected chi connectivity index (χ4v) is 2.73. The highest BCUT2D eigenvalue weighted by Crippen LogP contribution is 2.30. The van der Waals surface area contributed by atoms with Crippen molar-refractivity contribution < 1.29 is 5.11 Å². The van der Waals surface area contributed by atoms with Gasteiger partial charge in [-0.05, 0) is 36.6 Å². The zero-order valence-corrected chi connectivity index (χ0v) is 9.84. The Kier molecular flexibility index (Phi) is 2.11. The molecule has 2 nitrogen and oxygen atoms in total. The monoisotopic (exact) mass is 265 g/mol. The minimum absolute atomic E-state index is 0.171. The highest BCUT2D eigenvalue weighted by Gasteiger charge is 2.20. The van der Waals surface area contributed by atoms with E-state index >= 15 is 0 Å². The molecule has 1 aromatic heterocycles. The molecule has 78 valence electrons. The molecule has 1 aliphatic rings. The van der Waals surface area contributed by atoms with Crippen LogP contribution in [-0.2, 0) is 12.8 Å². The zero-order valence-electron chi connectivity index (χ0n) is 8.26. The second-order valence-electron chi connectivity index (χ2n) is 4.17. The fourth-order valence-electron chi connectivity index (χ4n) is 2.37. The topological polar surface area (TPSA) is 36.0 Å². The maximum absolute atomic E-state index is 9.68. The van der Waals surface area contributed by atoms with Crippen LogP contribution in [0.3, 0.4) is 0 Å². The fraction of sp³-hybridized carbons (Fsp3) is 0.333. The van der Waals surface area contributed by atoms with Crippen molar-refractivity contribution in [3.05, 3.63) is 33.9 Å². The van der Waals surface area contributed by atoms with Crippen LogP contribution in [0.5, 0.6) is 0 Å². The number of rotatable bonds is 0. The van der Waals surface area contributed by atoms with Crippen molar-refractivity contribution >= 4 is 26.8 Å². The largest absolute Gasteiger partial charge is 0.393 e. The van der Waals surface area contributed by atoms with E-state index in [1.54, 1.807) is 0 Å². The van der Waals surface area contributed by atoms with Gasteiger partial charge in [0.25, 0.3) is 0 Å². The molecule has 1 heterocycles. The standard InChI is InChI=1S/C12H12BrNO/c13-7-1-3-11-9(5-7)10-6-8(15)2-4-12(10)14-11/h1,3,5,8,14-15H,2,4,6H2. The molecule has 0 saturated heterocycles. The van der Waals surface area contributed by atoms with E-state index < -0.39 is 0 Å². The maximum atomic E-state index is 9.68. The average molecular weight is 266 g/mol. The van der Waals surface area contributed by atoms with Crippen LogP contribution in [0.4, 0.5) is 0 Å². The lowest BCUT2D eigenvalue weighted by Gasteiger charge is -2.17. The second-order valence-corrected chi connectivity index (χ2v) is 5.08. The summed E-state index contributed by atoms with van der Waals surface area (Å²) in [5.74, 6) is 0. The van der Waals surface area contributed by atoms with Crippen molar-refractivity contribution in [2.45, 2.75) is 25.4 Å². The van der Waals surface area contributed by atoms with E-state index in [2.05, 4.69) is 33.0 Å². The molecule has 0 fully saturated rings. The molecule has 0 aliphatic heterocycles. The molecule has 0 bridgehead atoms. The molecular formula is C12H12BrNO. The Morgan fingerprint density at radius 2 is 2.27 bits per heavy atom. The summed E-state index contributed by atoms with van der Waals surface area (Å²) in [6.45, 7) is 0. The number of fused-ring (bicyclic) bond motifs is 3. The summed E-state index contributed by atoms with van der Waals surface area (Å²) in [5.41, 5.74) is 3.77. The highest BCUT2D eigenvalue weighted by molar-refractivity contribution is 9.10. The first-order valence-corrected chi connectivity index (χ1v) is 6.00. The van der Waals surface area contributed by atoms with E-state index in [1.165, 1.54) is 22.2 Å². The molecule has 2 aromatic rings. The molecule has 3 rings (SSSR count). The lowest BCUT2D eigenvalue weighted by molar-refractivity contribution is 0.158. The predicted octanol–water partition coefficient (Wildman–Crippen LogP) is 2.78. The summed E-state index contributed by atoms with van der Waals surface area (Å²) in [5, 5.41) is 10.9. The molecule has 15 heavy (non-hydrogen) atoms. The van der Waals surface area contributed by atoms with Crippen molar-refractivity contribution in [3.8, 4) is 0 Å². The minimum atomic E-state index is -0.171. The van der Waals surface area contributed by atoms with Gasteiger partial charge in [0.15, 0.2) is 0 Å². The quantitative estimate of drug-likeness (QED) is 0.755. The van der Waals surface area contributed by atoms with E-state index in [4.69, 9.17) is 0 Å². The summed E-state index contributed by atoms with van der Waals surface area (Å²) in [4.78, 5) is 3.43. The van der Waals surface area contributed by atoms with E-state index in [1.807, 2.05) is 6.07 Å². The van der Waals surface area contributed by atoms with Crippen LogP contribution in [0.15, 0.2) is 22.7 Å². The molecule has 0 radical (unpaired) electrons. The van der Waals surface area contributed by atoms with Gasteiger partial charge in [-0.3, -0.25) is 0 Å². The Morgan fingerprint density at radius 3 is 3.13 bits per heavy atom. The van der Waals surface area contributed by atoms with Crippen LogP contribution >= 0.6 is 15.9 Å².